The molecule has 1 heterocycles. The Morgan fingerprint density at radius 3 is 2.35 bits per heavy atom. The van der Waals surface area contributed by atoms with Crippen molar-refractivity contribution in [3.05, 3.63) is 47.4 Å². The fourth-order valence-corrected chi connectivity index (χ4v) is 2.46. The third-order valence-corrected chi connectivity index (χ3v) is 3.42. The number of nitrogen functional groups attached to an aromatic ring is 1. The number of imidazole rings is 1. The molecule has 0 saturated carbocycles. The summed E-state index contributed by atoms with van der Waals surface area (Å²) in [7, 11) is 0. The van der Waals surface area contributed by atoms with E-state index in [-0.39, 0.29) is 5.41 Å². The van der Waals surface area contributed by atoms with Crippen molar-refractivity contribution < 1.29 is 0 Å². The Labute approximate surface area is 121 Å². The maximum absolute atomic E-state index is 6.34. The molecular weight excluding hydrogens is 246 g/mol. The molecule has 0 radical (unpaired) electrons. The molecule has 2 rings (SSSR count). The van der Waals surface area contributed by atoms with Crippen LogP contribution in [0.3, 0.4) is 0 Å². The highest BCUT2D eigenvalue weighted by atomic mass is 15.1. The lowest BCUT2D eigenvalue weighted by molar-refractivity contribution is 0.497. The molecule has 0 aliphatic rings. The summed E-state index contributed by atoms with van der Waals surface area (Å²) in [4.78, 5) is 4.83. The molecule has 0 aliphatic carbocycles. The molecule has 0 aliphatic heterocycles. The first-order chi connectivity index (χ1) is 9.43. The van der Waals surface area contributed by atoms with E-state index in [1.165, 1.54) is 5.56 Å². The summed E-state index contributed by atoms with van der Waals surface area (Å²) in [6.45, 7) is 9.66. The zero-order valence-corrected chi connectivity index (χ0v) is 13.0. The highest BCUT2D eigenvalue weighted by Crippen LogP contribution is 2.27. The second kappa shape index (κ2) is 5.70. The lowest BCUT2D eigenvalue weighted by Crippen LogP contribution is -2.19. The van der Waals surface area contributed by atoms with E-state index in [9.17, 15) is 0 Å². The highest BCUT2D eigenvalue weighted by molar-refractivity contribution is 5.42. The average Bonchev–Trinajstić information content (AvgIpc) is 2.69. The van der Waals surface area contributed by atoms with Gasteiger partial charge in [-0.05, 0) is 12.0 Å². The highest BCUT2D eigenvalue weighted by Gasteiger charge is 2.24. The van der Waals surface area contributed by atoms with Crippen molar-refractivity contribution >= 4 is 5.82 Å². The predicted molar refractivity (Wildman–Crippen MR) is 84.9 cm³/mol. The van der Waals surface area contributed by atoms with Gasteiger partial charge in [-0.25, -0.2) is 4.98 Å². The summed E-state index contributed by atoms with van der Waals surface area (Å²) in [5.41, 5.74) is 8.59. The van der Waals surface area contributed by atoms with Gasteiger partial charge < -0.3 is 10.3 Å². The molecule has 0 atom stereocenters. The van der Waals surface area contributed by atoms with Crippen LogP contribution in [-0.4, -0.2) is 9.55 Å². The van der Waals surface area contributed by atoms with Crippen LogP contribution in [0.25, 0.3) is 0 Å². The number of nitrogens with zero attached hydrogens (tertiary/aromatic N) is 2. The van der Waals surface area contributed by atoms with E-state index in [1.807, 2.05) is 6.07 Å². The van der Waals surface area contributed by atoms with Crippen LogP contribution in [0.5, 0.6) is 0 Å². The molecular formula is C17H25N3. The third kappa shape index (κ3) is 3.03. The summed E-state index contributed by atoms with van der Waals surface area (Å²) < 4.78 is 2.18. The first-order valence-corrected chi connectivity index (χ1v) is 7.32. The Morgan fingerprint density at radius 2 is 1.80 bits per heavy atom. The standard InChI is InChI=1S/C17H25N3/c1-5-11-20-15(18)14(19-16(20)17(2,3)4)12-13-9-7-6-8-10-13/h6-10H,5,11-12,18H2,1-4H3. The molecule has 1 aromatic carbocycles. The Bertz CT molecular complexity index is 562. The third-order valence-electron chi connectivity index (χ3n) is 3.42. The predicted octanol–water partition coefficient (Wildman–Crippen LogP) is 3.76. The fraction of sp³-hybridized carbons (Fsp3) is 0.471. The van der Waals surface area contributed by atoms with E-state index >= 15 is 0 Å². The number of hydrogen-bond acceptors (Lipinski definition) is 2. The Kier molecular flexibility index (Phi) is 4.17. The van der Waals surface area contributed by atoms with Gasteiger partial charge in [0.05, 0.1) is 5.69 Å². The molecule has 2 aromatic rings. The molecule has 0 fully saturated rings. The number of anilines is 1. The SMILES string of the molecule is CCCn1c(C(C)(C)C)nc(Cc2ccccc2)c1N. The summed E-state index contributed by atoms with van der Waals surface area (Å²) in [5.74, 6) is 1.91. The van der Waals surface area contributed by atoms with Gasteiger partial charge in [-0.3, -0.25) is 0 Å². The number of hydrogen-bond donors (Lipinski definition) is 1. The smallest absolute Gasteiger partial charge is 0.127 e. The summed E-state index contributed by atoms with van der Waals surface area (Å²) in [6.07, 6.45) is 1.86. The number of aromatic nitrogens is 2. The van der Waals surface area contributed by atoms with Crippen molar-refractivity contribution in [3.8, 4) is 0 Å². The second-order valence-corrected chi connectivity index (χ2v) is 6.33. The number of nitrogens with two attached hydrogens (primary N) is 1. The van der Waals surface area contributed by atoms with Crippen molar-refractivity contribution in [1.82, 2.24) is 9.55 Å². The normalized spacial score (nSPS) is 11.8. The molecule has 20 heavy (non-hydrogen) atoms. The Hall–Kier alpha value is -1.77. The first-order valence-electron chi connectivity index (χ1n) is 7.32. The van der Waals surface area contributed by atoms with E-state index in [0.29, 0.717) is 0 Å². The van der Waals surface area contributed by atoms with E-state index in [4.69, 9.17) is 10.7 Å². The van der Waals surface area contributed by atoms with Gasteiger partial charge in [0.1, 0.15) is 11.6 Å². The number of benzene rings is 1. The lowest BCUT2D eigenvalue weighted by Gasteiger charge is -2.19. The average molecular weight is 271 g/mol. The van der Waals surface area contributed by atoms with Gasteiger partial charge in [0.25, 0.3) is 0 Å². The van der Waals surface area contributed by atoms with Gasteiger partial charge in [-0.2, -0.15) is 0 Å². The minimum absolute atomic E-state index is 0.0121. The van der Waals surface area contributed by atoms with E-state index < -0.39 is 0 Å². The van der Waals surface area contributed by atoms with Gasteiger partial charge in [0.15, 0.2) is 0 Å². The minimum atomic E-state index is 0.0121. The Morgan fingerprint density at radius 1 is 1.15 bits per heavy atom. The van der Waals surface area contributed by atoms with Crippen LogP contribution in [-0.2, 0) is 18.4 Å². The van der Waals surface area contributed by atoms with E-state index in [0.717, 1.165) is 36.7 Å². The topological polar surface area (TPSA) is 43.8 Å². The van der Waals surface area contributed by atoms with Crippen LogP contribution in [0.4, 0.5) is 5.82 Å². The van der Waals surface area contributed by atoms with Crippen LogP contribution in [0.1, 0.15) is 51.2 Å². The van der Waals surface area contributed by atoms with Crippen molar-refractivity contribution in [1.29, 1.82) is 0 Å². The summed E-state index contributed by atoms with van der Waals surface area (Å²) in [6, 6.07) is 10.4. The largest absolute Gasteiger partial charge is 0.384 e. The van der Waals surface area contributed by atoms with Gasteiger partial charge in [0, 0.05) is 18.4 Å². The lowest BCUT2D eigenvalue weighted by atomic mass is 9.95. The zero-order valence-electron chi connectivity index (χ0n) is 13.0. The van der Waals surface area contributed by atoms with Gasteiger partial charge in [0.2, 0.25) is 0 Å². The number of rotatable bonds is 4. The van der Waals surface area contributed by atoms with Crippen LogP contribution < -0.4 is 5.73 Å². The quantitative estimate of drug-likeness (QED) is 0.920. The van der Waals surface area contributed by atoms with E-state index in [2.05, 4.69) is 56.5 Å². The molecule has 3 heteroatoms. The van der Waals surface area contributed by atoms with Crippen molar-refractivity contribution in [2.75, 3.05) is 5.73 Å². The summed E-state index contributed by atoms with van der Waals surface area (Å²) in [5, 5.41) is 0. The van der Waals surface area contributed by atoms with Gasteiger partial charge >= 0.3 is 0 Å². The molecule has 3 nitrogen and oxygen atoms in total. The fourth-order valence-electron chi connectivity index (χ4n) is 2.46. The van der Waals surface area contributed by atoms with Crippen LogP contribution in [0.15, 0.2) is 30.3 Å². The maximum atomic E-state index is 6.34. The molecule has 0 spiro atoms. The van der Waals surface area contributed by atoms with E-state index in [1.54, 1.807) is 0 Å². The first kappa shape index (κ1) is 14.6. The molecule has 2 N–H and O–H groups in total. The van der Waals surface area contributed by atoms with Crippen LogP contribution >= 0.6 is 0 Å². The Balaban J connectivity index is 2.40. The van der Waals surface area contributed by atoms with Crippen molar-refractivity contribution in [2.45, 2.75) is 52.5 Å². The summed E-state index contributed by atoms with van der Waals surface area (Å²) >= 11 is 0. The minimum Gasteiger partial charge on any atom is -0.384 e. The van der Waals surface area contributed by atoms with Crippen LogP contribution in [0.2, 0.25) is 0 Å². The van der Waals surface area contributed by atoms with Crippen molar-refractivity contribution in [3.63, 3.8) is 0 Å². The van der Waals surface area contributed by atoms with Gasteiger partial charge in [-0.1, -0.05) is 58.0 Å². The molecule has 1 aromatic heterocycles. The molecule has 0 saturated heterocycles. The molecule has 0 amide bonds. The second-order valence-electron chi connectivity index (χ2n) is 6.33. The maximum Gasteiger partial charge on any atom is 0.127 e. The monoisotopic (exact) mass is 271 g/mol. The van der Waals surface area contributed by atoms with Gasteiger partial charge in [-0.15, -0.1) is 0 Å². The van der Waals surface area contributed by atoms with Crippen molar-refractivity contribution in [2.24, 2.45) is 0 Å². The molecule has 108 valence electrons. The van der Waals surface area contributed by atoms with Crippen LogP contribution in [0, 0.1) is 0 Å². The zero-order chi connectivity index (χ0) is 14.8. The molecule has 0 bridgehead atoms. The molecule has 0 unspecified atom stereocenters.